The highest BCUT2D eigenvalue weighted by Crippen LogP contribution is 2.39. The number of ether oxygens (including phenoxy) is 5. The number of nitrogens with zero attached hydrogens (tertiary/aromatic N) is 1. The molecule has 1 amide bonds. The first kappa shape index (κ1) is 25.2. The van der Waals surface area contributed by atoms with Crippen LogP contribution < -0.4 is 29.6 Å². The van der Waals surface area contributed by atoms with Crippen molar-refractivity contribution in [1.82, 2.24) is 4.98 Å². The number of nitrogens with one attached hydrogen (secondary N) is 2. The Morgan fingerprint density at radius 1 is 0.914 bits per heavy atom. The van der Waals surface area contributed by atoms with Gasteiger partial charge in [0.05, 0.1) is 27.9 Å². The molecule has 0 bridgehead atoms. The lowest BCUT2D eigenvalue weighted by Gasteiger charge is -2.15. The Balaban J connectivity index is 1.64. The largest absolute Gasteiger partial charge is 0.494 e. The van der Waals surface area contributed by atoms with Crippen molar-refractivity contribution in [1.29, 1.82) is 0 Å². The van der Waals surface area contributed by atoms with Crippen molar-refractivity contribution in [3.8, 4) is 23.0 Å². The second-order valence-corrected chi connectivity index (χ2v) is 7.02. The quantitative estimate of drug-likeness (QED) is 0.391. The molecular weight excluding hydrogens is 454 g/mol. The molecule has 0 aliphatic heterocycles. The summed E-state index contributed by atoms with van der Waals surface area (Å²) in [5, 5.41) is 5.72. The number of hydrogen-bond acceptors (Lipinski definition) is 9. The zero-order valence-electron chi connectivity index (χ0n) is 19.9. The molecule has 0 fully saturated rings. The standard InChI is InChI=1S/C25H27N3O7/c1-5-34-18-10-8-16(9-11-18)28-24-19(7-6-12-26-24)25(30)35-15-22(29)27-17-13-20(31-2)23(33-4)21(14-17)32-3/h6-14H,5,15H2,1-4H3,(H,26,28)(H,27,29). The van der Waals surface area contributed by atoms with Gasteiger partial charge in [0.25, 0.3) is 5.91 Å². The van der Waals surface area contributed by atoms with Crippen LogP contribution >= 0.6 is 0 Å². The van der Waals surface area contributed by atoms with Gasteiger partial charge in [-0.1, -0.05) is 0 Å². The number of anilines is 3. The molecule has 1 heterocycles. The van der Waals surface area contributed by atoms with Crippen LogP contribution in [0.4, 0.5) is 17.2 Å². The van der Waals surface area contributed by atoms with Crippen LogP contribution in [0.2, 0.25) is 0 Å². The summed E-state index contributed by atoms with van der Waals surface area (Å²) in [6.07, 6.45) is 1.55. The number of pyridine rings is 1. The van der Waals surface area contributed by atoms with E-state index in [0.29, 0.717) is 41.0 Å². The van der Waals surface area contributed by atoms with E-state index in [1.165, 1.54) is 21.3 Å². The molecule has 0 aliphatic carbocycles. The Kier molecular flexibility index (Phi) is 8.71. The predicted octanol–water partition coefficient (Wildman–Crippen LogP) is 4.05. The molecule has 0 unspecified atom stereocenters. The number of hydrogen-bond donors (Lipinski definition) is 2. The van der Waals surface area contributed by atoms with Gasteiger partial charge in [0.2, 0.25) is 5.75 Å². The van der Waals surface area contributed by atoms with Crippen LogP contribution in [0.25, 0.3) is 0 Å². The summed E-state index contributed by atoms with van der Waals surface area (Å²) >= 11 is 0. The number of aromatic nitrogens is 1. The summed E-state index contributed by atoms with van der Waals surface area (Å²) < 4.78 is 26.5. The SMILES string of the molecule is CCOc1ccc(Nc2ncccc2C(=O)OCC(=O)Nc2cc(OC)c(OC)c(OC)c2)cc1. The second-order valence-electron chi connectivity index (χ2n) is 7.02. The topological polar surface area (TPSA) is 117 Å². The van der Waals surface area contributed by atoms with Gasteiger partial charge >= 0.3 is 5.97 Å². The van der Waals surface area contributed by atoms with Gasteiger partial charge in [0.15, 0.2) is 18.1 Å². The average Bonchev–Trinajstić information content (AvgIpc) is 2.88. The Morgan fingerprint density at radius 2 is 1.60 bits per heavy atom. The van der Waals surface area contributed by atoms with E-state index in [1.807, 2.05) is 6.92 Å². The minimum absolute atomic E-state index is 0.182. The molecule has 2 N–H and O–H groups in total. The summed E-state index contributed by atoms with van der Waals surface area (Å²) in [4.78, 5) is 29.3. The van der Waals surface area contributed by atoms with Gasteiger partial charge in [-0.3, -0.25) is 4.79 Å². The van der Waals surface area contributed by atoms with Gasteiger partial charge in [-0.25, -0.2) is 9.78 Å². The molecule has 184 valence electrons. The molecule has 1 aromatic heterocycles. The third-order valence-corrected chi connectivity index (χ3v) is 4.74. The normalized spacial score (nSPS) is 10.2. The molecule has 10 nitrogen and oxygen atoms in total. The first-order valence-electron chi connectivity index (χ1n) is 10.7. The molecule has 0 saturated heterocycles. The Hall–Kier alpha value is -4.47. The number of rotatable bonds is 11. The number of carbonyl (C=O) groups is 2. The number of benzene rings is 2. The number of methoxy groups -OCH3 is 3. The minimum Gasteiger partial charge on any atom is -0.494 e. The van der Waals surface area contributed by atoms with E-state index in [9.17, 15) is 9.59 Å². The Labute approximate surface area is 203 Å². The molecule has 0 spiro atoms. The average molecular weight is 482 g/mol. The van der Waals surface area contributed by atoms with Crippen molar-refractivity contribution in [2.45, 2.75) is 6.92 Å². The van der Waals surface area contributed by atoms with Crippen LogP contribution in [0.1, 0.15) is 17.3 Å². The maximum atomic E-state index is 12.7. The van der Waals surface area contributed by atoms with Gasteiger partial charge in [-0.05, 0) is 43.3 Å². The second kappa shape index (κ2) is 12.1. The summed E-state index contributed by atoms with van der Waals surface area (Å²) in [5.74, 6) is 0.926. The van der Waals surface area contributed by atoms with Crippen molar-refractivity contribution in [2.24, 2.45) is 0 Å². The molecule has 0 atom stereocenters. The van der Waals surface area contributed by atoms with Crippen LogP contribution in [0.3, 0.4) is 0 Å². The molecule has 0 radical (unpaired) electrons. The fourth-order valence-electron chi connectivity index (χ4n) is 3.17. The first-order chi connectivity index (χ1) is 17.0. The maximum absolute atomic E-state index is 12.7. The molecular formula is C25H27N3O7. The molecule has 0 saturated carbocycles. The van der Waals surface area contributed by atoms with E-state index < -0.39 is 18.5 Å². The number of esters is 1. The zero-order valence-corrected chi connectivity index (χ0v) is 19.9. The van der Waals surface area contributed by atoms with E-state index in [-0.39, 0.29) is 5.56 Å². The van der Waals surface area contributed by atoms with Gasteiger partial charge in [0, 0.05) is 29.7 Å². The monoisotopic (exact) mass is 481 g/mol. The molecule has 0 aliphatic rings. The van der Waals surface area contributed by atoms with Gasteiger partial charge in [-0.15, -0.1) is 0 Å². The van der Waals surface area contributed by atoms with Crippen molar-refractivity contribution in [2.75, 3.05) is 45.2 Å². The fraction of sp³-hybridized carbons (Fsp3) is 0.240. The van der Waals surface area contributed by atoms with Crippen molar-refractivity contribution in [3.63, 3.8) is 0 Å². The molecule has 10 heteroatoms. The lowest BCUT2D eigenvalue weighted by molar-refractivity contribution is -0.119. The smallest absolute Gasteiger partial charge is 0.342 e. The number of carbonyl (C=O) groups excluding carboxylic acids is 2. The number of amides is 1. The van der Waals surface area contributed by atoms with E-state index in [2.05, 4.69) is 15.6 Å². The van der Waals surface area contributed by atoms with Crippen LogP contribution in [0.5, 0.6) is 23.0 Å². The summed E-state index contributed by atoms with van der Waals surface area (Å²) in [5.41, 5.74) is 1.28. The first-order valence-corrected chi connectivity index (χ1v) is 10.7. The van der Waals surface area contributed by atoms with Gasteiger partial charge < -0.3 is 34.3 Å². The molecule has 35 heavy (non-hydrogen) atoms. The Morgan fingerprint density at radius 3 is 2.20 bits per heavy atom. The van der Waals surface area contributed by atoms with Crippen molar-refractivity contribution >= 4 is 29.1 Å². The zero-order chi connectivity index (χ0) is 25.2. The highest BCUT2D eigenvalue weighted by atomic mass is 16.5. The van der Waals surface area contributed by atoms with Crippen LogP contribution in [-0.4, -0.2) is 51.4 Å². The van der Waals surface area contributed by atoms with Crippen LogP contribution in [-0.2, 0) is 9.53 Å². The lowest BCUT2D eigenvalue weighted by atomic mass is 10.2. The van der Waals surface area contributed by atoms with E-state index in [0.717, 1.165) is 5.75 Å². The maximum Gasteiger partial charge on any atom is 0.342 e. The third kappa shape index (κ3) is 6.53. The minimum atomic E-state index is -0.702. The van der Waals surface area contributed by atoms with Crippen LogP contribution in [0, 0.1) is 0 Å². The van der Waals surface area contributed by atoms with Crippen molar-refractivity contribution < 1.29 is 33.3 Å². The molecule has 3 aromatic rings. The van der Waals surface area contributed by atoms with E-state index in [1.54, 1.807) is 54.7 Å². The summed E-state index contributed by atoms with van der Waals surface area (Å²) in [7, 11) is 4.42. The van der Waals surface area contributed by atoms with E-state index in [4.69, 9.17) is 23.7 Å². The molecule has 2 aromatic carbocycles. The Bertz CT molecular complexity index is 1140. The van der Waals surface area contributed by atoms with E-state index >= 15 is 0 Å². The highest BCUT2D eigenvalue weighted by Gasteiger charge is 2.18. The van der Waals surface area contributed by atoms with Gasteiger partial charge in [0.1, 0.15) is 17.1 Å². The lowest BCUT2D eigenvalue weighted by Crippen LogP contribution is -2.21. The van der Waals surface area contributed by atoms with Gasteiger partial charge in [-0.2, -0.15) is 0 Å². The molecule has 3 rings (SSSR count). The van der Waals surface area contributed by atoms with Crippen LogP contribution in [0.15, 0.2) is 54.7 Å². The summed E-state index contributed by atoms with van der Waals surface area (Å²) in [6, 6.07) is 13.5. The van der Waals surface area contributed by atoms with Crippen molar-refractivity contribution in [3.05, 3.63) is 60.3 Å². The predicted molar refractivity (Wildman–Crippen MR) is 130 cm³/mol. The summed E-state index contributed by atoms with van der Waals surface area (Å²) in [6.45, 7) is 1.96. The highest BCUT2D eigenvalue weighted by molar-refractivity contribution is 5.98. The fourth-order valence-corrected chi connectivity index (χ4v) is 3.17. The third-order valence-electron chi connectivity index (χ3n) is 4.74.